The fraction of sp³-hybridized carbons (Fsp3) is 0.585. The highest BCUT2D eigenvalue weighted by Gasteiger charge is 2.92. The molecule has 21 heteroatoms. The van der Waals surface area contributed by atoms with Crippen LogP contribution < -0.4 is 0 Å². The zero-order chi connectivity index (χ0) is 45.9. The first-order chi connectivity index (χ1) is 28.9. The van der Waals surface area contributed by atoms with Gasteiger partial charge in [-0.2, -0.15) is 0 Å². The van der Waals surface area contributed by atoms with Crippen LogP contribution in [0.25, 0.3) is 0 Å². The second-order valence-corrected chi connectivity index (χ2v) is 16.4. The standard InChI is InChI=1S/C41H47NO20/c1-18-27-24(12-10-14-42-27)34(48)55-16-37(7)26-28(56-20(3)44)32(58-22(5)46)40(17-54-19(2)43)33(59-23(6)47)29(60-35(49)25-13-11-15-53-25)31(61-36(50)38(18,8)51)39(9,52)41(40,62-37)30(26)57-21(4)45/h10-15,18,26,28-33,51-52H,16-17H2,1-9H3/t18-,26+,28+,29-,30+,31-,32+,33-,37-,38-,39-,40+,41-/m0/s1. The molecular formula is C41H47NO20. The summed E-state index contributed by atoms with van der Waals surface area (Å²) in [6.45, 7) is 7.48. The smallest absolute Gasteiger partial charge is 0.374 e. The van der Waals surface area contributed by atoms with Gasteiger partial charge in [0.1, 0.15) is 42.0 Å². The van der Waals surface area contributed by atoms with E-state index in [4.69, 9.17) is 47.0 Å². The first-order valence-corrected chi connectivity index (χ1v) is 19.4. The number of aliphatic hydroxyl groups is 2. The van der Waals surface area contributed by atoms with Crippen molar-refractivity contribution in [3.05, 3.63) is 53.7 Å². The van der Waals surface area contributed by atoms with Crippen LogP contribution in [0.3, 0.4) is 0 Å². The number of pyridine rings is 1. The zero-order valence-corrected chi connectivity index (χ0v) is 35.2. The van der Waals surface area contributed by atoms with E-state index in [9.17, 15) is 48.6 Å². The van der Waals surface area contributed by atoms with Crippen molar-refractivity contribution in [2.45, 2.75) is 127 Å². The lowest BCUT2D eigenvalue weighted by Gasteiger charge is -2.67. The largest absolute Gasteiger partial charge is 0.465 e. The summed E-state index contributed by atoms with van der Waals surface area (Å²) in [5, 5.41) is 25.6. The van der Waals surface area contributed by atoms with E-state index < -0.39 is 143 Å². The summed E-state index contributed by atoms with van der Waals surface area (Å²) in [5.41, 5.74) is -13.8. The second-order valence-electron chi connectivity index (χ2n) is 16.4. The quantitative estimate of drug-likeness (QED) is 0.277. The highest BCUT2D eigenvalue weighted by molar-refractivity contribution is 5.91. The highest BCUT2D eigenvalue weighted by Crippen LogP contribution is 2.70. The number of hydrogen-bond donors (Lipinski definition) is 2. The predicted molar refractivity (Wildman–Crippen MR) is 199 cm³/mol. The van der Waals surface area contributed by atoms with E-state index in [1.54, 1.807) is 0 Å². The lowest BCUT2D eigenvalue weighted by atomic mass is 9.45. The van der Waals surface area contributed by atoms with Crippen LogP contribution in [0.2, 0.25) is 0 Å². The highest BCUT2D eigenvalue weighted by atomic mass is 16.7. The second kappa shape index (κ2) is 16.1. The zero-order valence-electron chi connectivity index (χ0n) is 35.2. The molecule has 4 bridgehead atoms. The molecule has 2 saturated carbocycles. The van der Waals surface area contributed by atoms with Crippen molar-refractivity contribution < 1.29 is 95.6 Å². The summed E-state index contributed by atoms with van der Waals surface area (Å²) in [6, 6.07) is 5.20. The summed E-state index contributed by atoms with van der Waals surface area (Å²) < 4.78 is 59.8. The summed E-state index contributed by atoms with van der Waals surface area (Å²) >= 11 is 0. The Morgan fingerprint density at radius 2 is 1.39 bits per heavy atom. The Balaban J connectivity index is 1.81. The fourth-order valence-electron chi connectivity index (χ4n) is 9.62. The molecule has 4 heterocycles. The Labute approximate surface area is 353 Å². The average molecular weight is 874 g/mol. The summed E-state index contributed by atoms with van der Waals surface area (Å²) in [5.74, 6) is -12.8. The number of carbonyl (C=O) groups excluding carboxylic acids is 8. The van der Waals surface area contributed by atoms with E-state index in [1.165, 1.54) is 44.3 Å². The van der Waals surface area contributed by atoms with Gasteiger partial charge < -0.3 is 57.3 Å². The van der Waals surface area contributed by atoms with E-state index in [0.29, 0.717) is 0 Å². The molecular weight excluding hydrogens is 826 g/mol. The molecule has 3 fully saturated rings. The Morgan fingerprint density at radius 1 is 0.790 bits per heavy atom. The van der Waals surface area contributed by atoms with Crippen molar-refractivity contribution in [1.29, 1.82) is 0 Å². The Hall–Kier alpha value is -5.93. The maximum atomic E-state index is 14.6. The molecule has 2 aliphatic carbocycles. The number of carbonyl (C=O) groups is 8. The number of rotatable bonds is 8. The molecule has 2 aromatic rings. The van der Waals surface area contributed by atoms with Gasteiger partial charge in [-0.1, -0.05) is 6.92 Å². The molecule has 6 rings (SSSR count). The van der Waals surface area contributed by atoms with Crippen molar-refractivity contribution >= 4 is 47.8 Å². The minimum absolute atomic E-state index is 0.149. The number of cyclic esters (lactones) is 1. The van der Waals surface area contributed by atoms with Crippen LogP contribution in [0.4, 0.5) is 0 Å². The van der Waals surface area contributed by atoms with Gasteiger partial charge in [-0.15, -0.1) is 0 Å². The van der Waals surface area contributed by atoms with E-state index in [2.05, 4.69) is 4.98 Å². The van der Waals surface area contributed by atoms with Crippen LogP contribution >= 0.6 is 0 Å². The summed E-state index contributed by atoms with van der Waals surface area (Å²) in [4.78, 5) is 113. The number of ether oxygens (including phenoxy) is 9. The van der Waals surface area contributed by atoms with Crippen molar-refractivity contribution in [3.63, 3.8) is 0 Å². The molecule has 4 aliphatic rings. The molecule has 0 amide bonds. The first-order valence-electron chi connectivity index (χ1n) is 19.4. The third kappa shape index (κ3) is 7.14. The molecule has 1 spiro atoms. The van der Waals surface area contributed by atoms with Gasteiger partial charge in [0, 0.05) is 46.7 Å². The van der Waals surface area contributed by atoms with Crippen LogP contribution in [-0.4, -0.2) is 135 Å². The monoisotopic (exact) mass is 873 g/mol. The molecule has 1 saturated heterocycles. The molecule has 13 atom stereocenters. The van der Waals surface area contributed by atoms with Crippen LogP contribution in [0.5, 0.6) is 0 Å². The lowest BCUT2D eigenvalue weighted by molar-refractivity contribution is -0.386. The van der Waals surface area contributed by atoms with Gasteiger partial charge in [-0.05, 0) is 45.0 Å². The van der Waals surface area contributed by atoms with Gasteiger partial charge in [-0.25, -0.2) is 14.4 Å². The number of esters is 8. The number of nitrogens with zero attached hydrogens (tertiary/aromatic N) is 1. The van der Waals surface area contributed by atoms with E-state index in [-0.39, 0.29) is 11.3 Å². The van der Waals surface area contributed by atoms with Crippen molar-refractivity contribution in [2.75, 3.05) is 13.2 Å². The summed E-state index contributed by atoms with van der Waals surface area (Å²) in [7, 11) is 0. The molecule has 0 radical (unpaired) electrons. The van der Waals surface area contributed by atoms with Crippen molar-refractivity contribution in [1.82, 2.24) is 4.98 Å². The normalized spacial score (nSPS) is 37.3. The van der Waals surface area contributed by atoms with Gasteiger partial charge in [-0.3, -0.25) is 29.0 Å². The van der Waals surface area contributed by atoms with Gasteiger partial charge in [0.05, 0.1) is 23.4 Å². The Bertz CT molecular complexity index is 2170. The molecule has 0 aromatic carbocycles. The topological polar surface area (TPSA) is 286 Å². The predicted octanol–water partition coefficient (Wildman–Crippen LogP) is 1.04. The number of fused-ring (bicyclic) bond motifs is 5. The fourth-order valence-corrected chi connectivity index (χ4v) is 9.62. The SMILES string of the molecule is CC(=O)OC[C@]12[C@H](OC(C)=O)[C@H](OC(C)=O)[C@@H]3[C@@H](OC(C)=O)[C@@]14O[C@@]3(C)COC(=O)c1cccnc1[C@H](C)[C@](C)(O)C(=O)O[C@@H]([C@H](OC(=O)c1ccco1)[C@@H]2OC(C)=O)[C@]4(C)O. The van der Waals surface area contributed by atoms with Crippen LogP contribution in [0.1, 0.15) is 94.8 Å². The third-order valence-corrected chi connectivity index (χ3v) is 12.2. The molecule has 0 unspecified atom stereocenters. The number of hydrogen-bond acceptors (Lipinski definition) is 21. The van der Waals surface area contributed by atoms with Gasteiger partial charge in [0.15, 0.2) is 35.6 Å². The van der Waals surface area contributed by atoms with Crippen molar-refractivity contribution in [3.8, 4) is 0 Å². The number of furan rings is 1. The van der Waals surface area contributed by atoms with Crippen LogP contribution in [-0.2, 0) is 71.4 Å². The molecule has 62 heavy (non-hydrogen) atoms. The van der Waals surface area contributed by atoms with Crippen LogP contribution in [0, 0.1) is 11.3 Å². The lowest BCUT2D eigenvalue weighted by Crippen LogP contribution is -2.89. The van der Waals surface area contributed by atoms with Gasteiger partial charge in [0.25, 0.3) is 0 Å². The summed E-state index contributed by atoms with van der Waals surface area (Å²) in [6.07, 6.45) is -10.6. The minimum Gasteiger partial charge on any atom is -0.465 e. The average Bonchev–Trinajstić information content (AvgIpc) is 3.79. The molecule has 336 valence electrons. The first kappa shape index (κ1) is 45.6. The Kier molecular flexibility index (Phi) is 11.8. The molecule has 2 aliphatic heterocycles. The van der Waals surface area contributed by atoms with E-state index in [1.807, 2.05) is 0 Å². The number of aromatic nitrogens is 1. The minimum atomic E-state index is -3.02. The molecule has 2 N–H and O–H groups in total. The molecule has 2 aromatic heterocycles. The third-order valence-electron chi connectivity index (χ3n) is 12.2. The molecule has 21 nitrogen and oxygen atoms in total. The maximum absolute atomic E-state index is 14.6. The van der Waals surface area contributed by atoms with E-state index in [0.717, 1.165) is 54.7 Å². The van der Waals surface area contributed by atoms with Gasteiger partial charge in [0.2, 0.25) is 5.76 Å². The maximum Gasteiger partial charge on any atom is 0.374 e. The van der Waals surface area contributed by atoms with Crippen LogP contribution in [0.15, 0.2) is 41.1 Å². The van der Waals surface area contributed by atoms with E-state index >= 15 is 0 Å². The van der Waals surface area contributed by atoms with Crippen molar-refractivity contribution in [2.24, 2.45) is 11.3 Å². The van der Waals surface area contributed by atoms with Gasteiger partial charge >= 0.3 is 47.8 Å². The Morgan fingerprint density at radius 3 is 1.95 bits per heavy atom.